The van der Waals surface area contributed by atoms with Gasteiger partial charge in [-0.15, -0.1) is 0 Å². The van der Waals surface area contributed by atoms with Gasteiger partial charge in [-0.2, -0.15) is 0 Å². The molecule has 0 radical (unpaired) electrons. The Hall–Kier alpha value is -0.160. The fourth-order valence-electron chi connectivity index (χ4n) is 3.27. The molecule has 0 aromatic heterocycles. The van der Waals surface area contributed by atoms with Crippen molar-refractivity contribution >= 4 is 0 Å². The van der Waals surface area contributed by atoms with Gasteiger partial charge in [-0.3, -0.25) is 4.90 Å². The number of methoxy groups -OCH3 is 1. The highest BCUT2D eigenvalue weighted by Gasteiger charge is 2.28. The zero-order valence-electron chi connectivity index (χ0n) is 13.9. The van der Waals surface area contributed by atoms with Crippen molar-refractivity contribution in [1.82, 2.24) is 14.7 Å². The molecule has 2 fully saturated rings. The number of ether oxygens (including phenoxy) is 1. The number of piperazine rings is 1. The van der Waals surface area contributed by atoms with E-state index in [-0.39, 0.29) is 0 Å². The molecule has 4 nitrogen and oxygen atoms in total. The van der Waals surface area contributed by atoms with Gasteiger partial charge in [-0.1, -0.05) is 0 Å². The lowest BCUT2D eigenvalue weighted by atomic mass is 9.96. The number of nitrogens with zero attached hydrogens (tertiary/aromatic N) is 3. The van der Waals surface area contributed by atoms with Crippen LogP contribution in [0.1, 0.15) is 27.2 Å². The molecule has 0 spiro atoms. The van der Waals surface area contributed by atoms with Crippen LogP contribution in [0.4, 0.5) is 0 Å². The largest absolute Gasteiger partial charge is 0.383 e. The van der Waals surface area contributed by atoms with Crippen LogP contribution in [0, 0.1) is 5.92 Å². The van der Waals surface area contributed by atoms with E-state index in [1.54, 1.807) is 7.11 Å². The molecule has 2 heterocycles. The topological polar surface area (TPSA) is 19.0 Å². The molecule has 2 rings (SSSR count). The maximum absolute atomic E-state index is 5.12. The van der Waals surface area contributed by atoms with E-state index in [0.717, 1.165) is 19.1 Å². The molecule has 0 unspecified atom stereocenters. The molecule has 0 amide bonds. The lowest BCUT2D eigenvalue weighted by Crippen LogP contribution is -2.54. The maximum atomic E-state index is 5.12. The summed E-state index contributed by atoms with van der Waals surface area (Å²) in [6, 6.07) is 0. The number of hydrogen-bond donors (Lipinski definition) is 0. The van der Waals surface area contributed by atoms with Gasteiger partial charge in [-0.05, 0) is 39.7 Å². The predicted molar refractivity (Wildman–Crippen MR) is 84.2 cm³/mol. The lowest BCUT2D eigenvalue weighted by Gasteiger charge is -2.44. The first kappa shape index (κ1) is 16.2. The molecule has 20 heavy (non-hydrogen) atoms. The number of likely N-dealkylation sites (tertiary alicyclic amines) is 1. The van der Waals surface area contributed by atoms with Crippen molar-refractivity contribution in [2.75, 3.05) is 66.1 Å². The van der Waals surface area contributed by atoms with Crippen molar-refractivity contribution in [2.24, 2.45) is 5.92 Å². The third-order valence-electron chi connectivity index (χ3n) is 4.82. The maximum Gasteiger partial charge on any atom is 0.0589 e. The normalized spacial score (nSPS) is 24.0. The van der Waals surface area contributed by atoms with Crippen LogP contribution in [0.3, 0.4) is 0 Å². The Morgan fingerprint density at radius 2 is 1.60 bits per heavy atom. The zero-order chi connectivity index (χ0) is 14.6. The highest BCUT2D eigenvalue weighted by Crippen LogP contribution is 2.20. The summed E-state index contributed by atoms with van der Waals surface area (Å²) in [5, 5.41) is 0. The van der Waals surface area contributed by atoms with Crippen molar-refractivity contribution in [2.45, 2.75) is 32.7 Å². The molecule has 2 aliphatic heterocycles. The Morgan fingerprint density at radius 1 is 0.950 bits per heavy atom. The van der Waals surface area contributed by atoms with Gasteiger partial charge in [-0.25, -0.2) is 0 Å². The minimum absolute atomic E-state index is 0.335. The van der Waals surface area contributed by atoms with Crippen LogP contribution in [0.2, 0.25) is 0 Å². The van der Waals surface area contributed by atoms with Gasteiger partial charge < -0.3 is 14.5 Å². The minimum atomic E-state index is 0.335. The summed E-state index contributed by atoms with van der Waals surface area (Å²) >= 11 is 0. The fraction of sp³-hybridized carbons (Fsp3) is 1.00. The average Bonchev–Trinajstić information content (AvgIpc) is 2.36. The third-order valence-corrected chi connectivity index (χ3v) is 4.82. The monoisotopic (exact) mass is 283 g/mol. The average molecular weight is 283 g/mol. The summed E-state index contributed by atoms with van der Waals surface area (Å²) < 4.78 is 5.12. The van der Waals surface area contributed by atoms with Gasteiger partial charge in [0.05, 0.1) is 6.61 Å². The van der Waals surface area contributed by atoms with Crippen LogP contribution in [0.5, 0.6) is 0 Å². The van der Waals surface area contributed by atoms with E-state index in [0.29, 0.717) is 5.54 Å². The Labute approximate surface area is 125 Å². The van der Waals surface area contributed by atoms with Crippen LogP contribution < -0.4 is 0 Å². The highest BCUT2D eigenvalue weighted by molar-refractivity contribution is 4.84. The van der Waals surface area contributed by atoms with Gasteiger partial charge >= 0.3 is 0 Å². The van der Waals surface area contributed by atoms with Gasteiger partial charge in [0.15, 0.2) is 0 Å². The molecule has 0 saturated carbocycles. The van der Waals surface area contributed by atoms with Gasteiger partial charge in [0.25, 0.3) is 0 Å². The van der Waals surface area contributed by atoms with E-state index in [1.165, 1.54) is 52.2 Å². The second-order valence-electron chi connectivity index (χ2n) is 7.41. The molecule has 2 aliphatic rings. The van der Waals surface area contributed by atoms with Crippen LogP contribution in [-0.2, 0) is 4.74 Å². The summed E-state index contributed by atoms with van der Waals surface area (Å²) in [5.41, 5.74) is 0.335. The first-order valence-corrected chi connectivity index (χ1v) is 8.18. The van der Waals surface area contributed by atoms with Gasteiger partial charge in [0.1, 0.15) is 0 Å². The Morgan fingerprint density at radius 3 is 2.15 bits per heavy atom. The minimum Gasteiger partial charge on any atom is -0.383 e. The Bertz CT molecular complexity index is 276. The van der Waals surface area contributed by atoms with Crippen molar-refractivity contribution < 1.29 is 4.74 Å². The van der Waals surface area contributed by atoms with E-state index in [9.17, 15) is 0 Å². The molecule has 0 atom stereocenters. The van der Waals surface area contributed by atoms with E-state index >= 15 is 0 Å². The molecular formula is C16H33N3O. The van der Waals surface area contributed by atoms with Crippen molar-refractivity contribution in [3.63, 3.8) is 0 Å². The number of rotatable bonds is 6. The summed E-state index contributed by atoms with van der Waals surface area (Å²) in [6.07, 6.45) is 1.37. The van der Waals surface area contributed by atoms with E-state index < -0.39 is 0 Å². The second kappa shape index (κ2) is 7.21. The molecule has 0 aromatic rings. The van der Waals surface area contributed by atoms with Crippen molar-refractivity contribution in [3.05, 3.63) is 0 Å². The number of hydrogen-bond acceptors (Lipinski definition) is 4. The second-order valence-corrected chi connectivity index (χ2v) is 7.41. The standard InChI is InChI=1S/C16H33N3O/c1-16(2,3)19-9-7-17(8-10-19)6-5-15-13-18(14-15)11-12-20-4/h15H,5-14H2,1-4H3. The molecular weight excluding hydrogens is 250 g/mol. The van der Waals surface area contributed by atoms with Crippen molar-refractivity contribution in [1.29, 1.82) is 0 Å². The summed E-state index contributed by atoms with van der Waals surface area (Å²) in [4.78, 5) is 7.77. The van der Waals surface area contributed by atoms with Gasteiger partial charge in [0.2, 0.25) is 0 Å². The predicted octanol–water partition coefficient (Wildman–Crippen LogP) is 1.37. The molecule has 0 bridgehead atoms. The SMILES string of the molecule is COCCN1CC(CCN2CCN(C(C)(C)C)CC2)C1. The van der Waals surface area contributed by atoms with E-state index in [2.05, 4.69) is 35.5 Å². The molecule has 4 heteroatoms. The van der Waals surface area contributed by atoms with Crippen LogP contribution >= 0.6 is 0 Å². The summed E-state index contributed by atoms with van der Waals surface area (Å²) in [5.74, 6) is 0.924. The fourth-order valence-corrected chi connectivity index (χ4v) is 3.27. The smallest absolute Gasteiger partial charge is 0.0589 e. The summed E-state index contributed by atoms with van der Waals surface area (Å²) in [7, 11) is 1.79. The summed E-state index contributed by atoms with van der Waals surface area (Å²) in [6.45, 7) is 17.8. The molecule has 0 aliphatic carbocycles. The quantitative estimate of drug-likeness (QED) is 0.733. The molecule has 2 saturated heterocycles. The van der Waals surface area contributed by atoms with Gasteiger partial charge in [0, 0.05) is 58.5 Å². The lowest BCUT2D eigenvalue weighted by molar-refractivity contribution is 0.0373. The Balaban J connectivity index is 1.54. The molecule has 0 aromatic carbocycles. The van der Waals surface area contributed by atoms with E-state index in [1.807, 2.05) is 0 Å². The van der Waals surface area contributed by atoms with E-state index in [4.69, 9.17) is 4.74 Å². The highest BCUT2D eigenvalue weighted by atomic mass is 16.5. The van der Waals surface area contributed by atoms with Crippen molar-refractivity contribution in [3.8, 4) is 0 Å². The third kappa shape index (κ3) is 4.69. The zero-order valence-corrected chi connectivity index (χ0v) is 13.9. The molecule has 118 valence electrons. The first-order valence-electron chi connectivity index (χ1n) is 8.18. The molecule has 0 N–H and O–H groups in total. The van der Waals surface area contributed by atoms with Crippen LogP contribution in [0.25, 0.3) is 0 Å². The first-order chi connectivity index (χ1) is 9.49. The van der Waals surface area contributed by atoms with Crippen LogP contribution in [-0.4, -0.2) is 86.3 Å². The Kier molecular flexibility index (Phi) is 5.84. The van der Waals surface area contributed by atoms with Crippen LogP contribution in [0.15, 0.2) is 0 Å².